The highest BCUT2D eigenvalue weighted by Crippen LogP contribution is 2.24. The fourth-order valence-electron chi connectivity index (χ4n) is 1.26. The summed E-state index contributed by atoms with van der Waals surface area (Å²) in [5.74, 6) is 0.0602. The summed E-state index contributed by atoms with van der Waals surface area (Å²) in [4.78, 5) is 0. The van der Waals surface area contributed by atoms with E-state index >= 15 is 0 Å². The van der Waals surface area contributed by atoms with Gasteiger partial charge in [-0.1, -0.05) is 23.1 Å². The van der Waals surface area contributed by atoms with Crippen LogP contribution in [0.5, 0.6) is 0 Å². The van der Waals surface area contributed by atoms with Gasteiger partial charge in [-0.05, 0) is 23.8 Å². The summed E-state index contributed by atoms with van der Waals surface area (Å²) in [6.07, 6.45) is 0. The highest BCUT2D eigenvalue weighted by Gasteiger charge is 2.05. The lowest BCUT2D eigenvalue weighted by molar-refractivity contribution is 0.626. The molecule has 4 nitrogen and oxygen atoms in total. The Morgan fingerprint density at radius 3 is 2.94 bits per heavy atom. The zero-order valence-corrected chi connectivity index (χ0v) is 10.3. The fourth-order valence-corrected chi connectivity index (χ4v) is 2.68. The molecule has 0 bridgehead atoms. The van der Waals surface area contributed by atoms with Gasteiger partial charge in [0.2, 0.25) is 0 Å². The molecule has 88 valence electrons. The number of amidine groups is 1. The number of thioether (sulfide) groups is 1. The molecule has 2 aromatic rings. The molecule has 2 rings (SSSR count). The molecule has 0 aliphatic carbocycles. The van der Waals surface area contributed by atoms with Crippen LogP contribution in [0.25, 0.3) is 0 Å². The predicted octanol–water partition coefficient (Wildman–Crippen LogP) is 2.25. The van der Waals surface area contributed by atoms with Crippen LogP contribution in [0.15, 0.2) is 28.0 Å². The second-order valence-electron chi connectivity index (χ2n) is 3.26. The van der Waals surface area contributed by atoms with Crippen molar-refractivity contribution in [1.82, 2.24) is 10.2 Å². The topological polar surface area (TPSA) is 75.7 Å². The summed E-state index contributed by atoms with van der Waals surface area (Å²) in [6.45, 7) is 0. The normalized spacial score (nSPS) is 10.4. The minimum atomic E-state index is -0.384. The van der Waals surface area contributed by atoms with Gasteiger partial charge in [0.05, 0.1) is 0 Å². The number of nitrogens with one attached hydrogen (secondary N) is 1. The van der Waals surface area contributed by atoms with Gasteiger partial charge < -0.3 is 5.73 Å². The Labute approximate surface area is 106 Å². The maximum Gasteiger partial charge on any atom is 0.174 e. The van der Waals surface area contributed by atoms with Crippen LogP contribution >= 0.6 is 23.1 Å². The highest BCUT2D eigenvalue weighted by atomic mass is 32.2. The number of rotatable bonds is 4. The lowest BCUT2D eigenvalue weighted by Gasteiger charge is -2.03. The summed E-state index contributed by atoms with van der Waals surface area (Å²) in [6, 6.07) is 4.39. The molecule has 7 heteroatoms. The zero-order valence-electron chi connectivity index (χ0n) is 8.68. The molecule has 0 unspecified atom stereocenters. The second kappa shape index (κ2) is 5.24. The van der Waals surface area contributed by atoms with E-state index in [1.165, 1.54) is 35.2 Å². The number of hydrogen-bond donors (Lipinski definition) is 2. The van der Waals surface area contributed by atoms with Gasteiger partial charge in [-0.25, -0.2) is 4.39 Å². The number of aromatic nitrogens is 2. The van der Waals surface area contributed by atoms with E-state index in [1.54, 1.807) is 11.6 Å². The summed E-state index contributed by atoms with van der Waals surface area (Å²) in [5.41, 5.74) is 8.15. The molecule has 1 heterocycles. The third-order valence-electron chi connectivity index (χ3n) is 1.97. The van der Waals surface area contributed by atoms with Crippen molar-refractivity contribution in [2.45, 2.75) is 10.1 Å². The van der Waals surface area contributed by atoms with Crippen molar-refractivity contribution < 1.29 is 4.39 Å². The van der Waals surface area contributed by atoms with E-state index < -0.39 is 0 Å². The third kappa shape index (κ3) is 3.24. The van der Waals surface area contributed by atoms with Crippen molar-refractivity contribution in [2.24, 2.45) is 5.73 Å². The minimum absolute atomic E-state index is 0.133. The average Bonchev–Trinajstić information content (AvgIpc) is 2.78. The summed E-state index contributed by atoms with van der Waals surface area (Å²) < 4.78 is 14.1. The molecule has 0 radical (unpaired) electrons. The van der Waals surface area contributed by atoms with E-state index in [1.807, 2.05) is 0 Å². The van der Waals surface area contributed by atoms with Gasteiger partial charge in [-0.15, -0.1) is 10.2 Å². The van der Waals surface area contributed by atoms with Crippen LogP contribution in [0.2, 0.25) is 0 Å². The molecule has 0 spiro atoms. The molecule has 17 heavy (non-hydrogen) atoms. The van der Waals surface area contributed by atoms with Crippen LogP contribution in [0.1, 0.15) is 11.1 Å². The largest absolute Gasteiger partial charge is 0.384 e. The van der Waals surface area contributed by atoms with Gasteiger partial charge in [0, 0.05) is 11.3 Å². The van der Waals surface area contributed by atoms with E-state index in [4.69, 9.17) is 11.1 Å². The Kier molecular flexibility index (Phi) is 3.70. The molecular weight excluding hydrogens is 259 g/mol. The summed E-state index contributed by atoms with van der Waals surface area (Å²) in [5, 5.41) is 14.9. The Balaban J connectivity index is 2.13. The molecule has 0 aliphatic heterocycles. The first kappa shape index (κ1) is 12.0. The fraction of sp³-hybridized carbons (Fsp3) is 0.100. The minimum Gasteiger partial charge on any atom is -0.384 e. The lowest BCUT2D eigenvalue weighted by Crippen LogP contribution is -2.11. The van der Waals surface area contributed by atoms with Gasteiger partial charge in [0.25, 0.3) is 0 Å². The first-order valence-electron chi connectivity index (χ1n) is 4.68. The Morgan fingerprint density at radius 1 is 1.47 bits per heavy atom. The second-order valence-corrected chi connectivity index (χ2v) is 5.31. The predicted molar refractivity (Wildman–Crippen MR) is 66.9 cm³/mol. The standard InChI is InChI=1S/C10H9FN4S2/c11-8-2-6(1-7(3-8)9(12)13)4-16-10-15-14-5-17-10/h1-3,5H,4H2,(H3,12,13). The van der Waals surface area contributed by atoms with Gasteiger partial charge in [0.15, 0.2) is 4.34 Å². The first-order chi connectivity index (χ1) is 8.15. The van der Waals surface area contributed by atoms with Crippen molar-refractivity contribution in [2.75, 3.05) is 0 Å². The molecule has 1 aromatic carbocycles. The monoisotopic (exact) mass is 268 g/mol. The Morgan fingerprint density at radius 2 is 2.29 bits per heavy atom. The first-order valence-corrected chi connectivity index (χ1v) is 6.54. The van der Waals surface area contributed by atoms with E-state index in [2.05, 4.69) is 10.2 Å². The van der Waals surface area contributed by atoms with Gasteiger partial charge in [-0.3, -0.25) is 5.41 Å². The maximum absolute atomic E-state index is 13.3. The number of nitrogens with two attached hydrogens (primary N) is 1. The van der Waals surface area contributed by atoms with E-state index in [0.717, 1.165) is 9.90 Å². The van der Waals surface area contributed by atoms with Gasteiger partial charge >= 0.3 is 0 Å². The third-order valence-corrected chi connectivity index (χ3v) is 3.90. The number of nitrogen functional groups attached to an aromatic ring is 1. The van der Waals surface area contributed by atoms with Crippen molar-refractivity contribution in [3.8, 4) is 0 Å². The maximum atomic E-state index is 13.3. The number of halogens is 1. The van der Waals surface area contributed by atoms with Gasteiger partial charge in [0.1, 0.15) is 17.2 Å². The van der Waals surface area contributed by atoms with E-state index in [0.29, 0.717) is 11.3 Å². The summed E-state index contributed by atoms with van der Waals surface area (Å²) >= 11 is 2.91. The van der Waals surface area contributed by atoms with Gasteiger partial charge in [-0.2, -0.15) is 0 Å². The molecule has 0 saturated carbocycles. The van der Waals surface area contributed by atoms with E-state index in [-0.39, 0.29) is 11.7 Å². The highest BCUT2D eigenvalue weighted by molar-refractivity contribution is 8.00. The molecule has 1 aromatic heterocycles. The molecule has 3 N–H and O–H groups in total. The number of nitrogens with zero attached hydrogens (tertiary/aromatic N) is 2. The molecule has 0 saturated heterocycles. The molecular formula is C10H9FN4S2. The quantitative estimate of drug-likeness (QED) is 0.506. The van der Waals surface area contributed by atoms with Crippen molar-refractivity contribution in [1.29, 1.82) is 5.41 Å². The van der Waals surface area contributed by atoms with E-state index in [9.17, 15) is 4.39 Å². The SMILES string of the molecule is N=C(N)c1cc(F)cc(CSc2nncs2)c1. The smallest absolute Gasteiger partial charge is 0.174 e. The zero-order chi connectivity index (χ0) is 12.3. The number of hydrogen-bond acceptors (Lipinski definition) is 5. The molecule has 0 aliphatic rings. The van der Waals surface area contributed by atoms with Crippen LogP contribution in [0.4, 0.5) is 4.39 Å². The molecule has 0 atom stereocenters. The molecule has 0 amide bonds. The average molecular weight is 268 g/mol. The van der Waals surface area contributed by atoms with Crippen molar-refractivity contribution in [3.63, 3.8) is 0 Å². The van der Waals surface area contributed by atoms with Crippen LogP contribution in [-0.4, -0.2) is 16.0 Å². The lowest BCUT2D eigenvalue weighted by atomic mass is 10.1. The van der Waals surface area contributed by atoms with Crippen LogP contribution < -0.4 is 5.73 Å². The number of benzene rings is 1. The van der Waals surface area contributed by atoms with Crippen molar-refractivity contribution >= 4 is 28.9 Å². The van der Waals surface area contributed by atoms with Crippen LogP contribution in [0, 0.1) is 11.2 Å². The Hall–Kier alpha value is -1.47. The Bertz CT molecular complexity index is 527. The van der Waals surface area contributed by atoms with Crippen LogP contribution in [0.3, 0.4) is 0 Å². The van der Waals surface area contributed by atoms with Crippen molar-refractivity contribution in [3.05, 3.63) is 40.7 Å². The molecule has 0 fully saturated rings. The summed E-state index contributed by atoms with van der Waals surface area (Å²) in [7, 11) is 0. The van der Waals surface area contributed by atoms with Crippen LogP contribution in [-0.2, 0) is 5.75 Å².